The predicted octanol–water partition coefficient (Wildman–Crippen LogP) is 9.23. The quantitative estimate of drug-likeness (QED) is 0.119. The Labute approximate surface area is 331 Å². The molecule has 7 nitrogen and oxygen atoms in total. The molecule has 1 N–H and O–H groups in total. The van der Waals surface area contributed by atoms with Crippen molar-refractivity contribution in [3.8, 4) is 0 Å². The van der Waals surface area contributed by atoms with Gasteiger partial charge in [-0.1, -0.05) is 92.3 Å². The van der Waals surface area contributed by atoms with Crippen molar-refractivity contribution >= 4 is 57.9 Å². The fraction of sp³-hybridized carbons (Fsp3) is 0.442. The van der Waals surface area contributed by atoms with E-state index in [4.69, 9.17) is 21.4 Å². The van der Waals surface area contributed by atoms with Crippen molar-refractivity contribution in [3.63, 3.8) is 0 Å². The molecule has 4 aromatic rings. The van der Waals surface area contributed by atoms with Crippen LogP contribution < -0.4 is 9.80 Å². The molecular weight excluding hydrogens is 718 g/mol. The van der Waals surface area contributed by atoms with Gasteiger partial charge in [0.05, 0.1) is 42.6 Å². The zero-order valence-electron chi connectivity index (χ0n) is 31.6. The molecule has 0 spiro atoms. The number of halogens is 1. The molecule has 53 heavy (non-hydrogen) atoms. The van der Waals surface area contributed by atoms with Gasteiger partial charge in [-0.05, 0) is 86.6 Å². The molecule has 3 aliphatic heterocycles. The van der Waals surface area contributed by atoms with Crippen LogP contribution in [-0.4, -0.2) is 112 Å². The number of anilines is 4. The summed E-state index contributed by atoms with van der Waals surface area (Å²) in [6, 6.07) is 32.4. The second kappa shape index (κ2) is 20.3. The topological polar surface area (TPSA) is 45.7 Å². The molecule has 0 radical (unpaired) electrons. The predicted molar refractivity (Wildman–Crippen MR) is 225 cm³/mol. The van der Waals surface area contributed by atoms with E-state index in [1.807, 2.05) is 29.6 Å². The molecule has 284 valence electrons. The van der Waals surface area contributed by atoms with Crippen LogP contribution in [0.3, 0.4) is 0 Å². The molecule has 3 aliphatic rings. The summed E-state index contributed by atoms with van der Waals surface area (Å²) in [5.41, 5.74) is 5.20. The molecule has 3 heterocycles. The first-order valence-electron chi connectivity index (χ1n) is 19.3. The first-order chi connectivity index (χ1) is 26.0. The lowest BCUT2D eigenvalue weighted by Crippen LogP contribution is -2.49. The first kappa shape index (κ1) is 39.9. The Morgan fingerprint density at radius 1 is 0.679 bits per heavy atom. The van der Waals surface area contributed by atoms with Gasteiger partial charge in [-0.3, -0.25) is 4.90 Å². The number of hydrogen-bond donors (Lipinski definition) is 1. The highest BCUT2D eigenvalue weighted by molar-refractivity contribution is 8.00. The van der Waals surface area contributed by atoms with Crippen molar-refractivity contribution in [1.29, 1.82) is 0 Å². The highest BCUT2D eigenvalue weighted by atomic mass is 35.5. The Morgan fingerprint density at radius 3 is 1.81 bits per heavy atom. The number of aliphatic hydroxyl groups is 1. The Kier molecular flexibility index (Phi) is 15.3. The van der Waals surface area contributed by atoms with Gasteiger partial charge in [0.25, 0.3) is 0 Å². The van der Waals surface area contributed by atoms with Crippen LogP contribution in [0.25, 0.3) is 0 Å². The molecule has 0 amide bonds. The lowest BCUT2D eigenvalue weighted by atomic mass is 10.1. The number of aliphatic hydroxyl groups excluding tert-OH is 1. The van der Waals surface area contributed by atoms with Crippen molar-refractivity contribution in [2.45, 2.75) is 46.8 Å². The summed E-state index contributed by atoms with van der Waals surface area (Å²) >= 11 is 9.96. The minimum atomic E-state index is 0.107. The number of para-hydroxylation sites is 3. The largest absolute Gasteiger partial charge is 0.394 e. The van der Waals surface area contributed by atoms with Crippen LogP contribution in [0.1, 0.15) is 27.2 Å². The minimum absolute atomic E-state index is 0.107. The highest BCUT2D eigenvalue weighted by Crippen LogP contribution is 2.49. The van der Waals surface area contributed by atoms with Crippen molar-refractivity contribution in [3.05, 3.63) is 96.0 Å². The fourth-order valence-corrected chi connectivity index (χ4v) is 9.72. The average Bonchev–Trinajstić information content (AvgIpc) is 3.19. The van der Waals surface area contributed by atoms with E-state index in [1.54, 1.807) is 0 Å². The maximum Gasteiger partial charge on any atom is 0.0698 e. The van der Waals surface area contributed by atoms with Crippen LogP contribution in [0.4, 0.5) is 22.7 Å². The number of fused-ring (bicyclic) bond motifs is 4. The summed E-state index contributed by atoms with van der Waals surface area (Å²) in [5.74, 6) is 0.577. The van der Waals surface area contributed by atoms with E-state index in [-0.39, 0.29) is 6.61 Å². The van der Waals surface area contributed by atoms with E-state index in [0.717, 1.165) is 83.4 Å². The molecular formula is C43H56ClN5O2S2. The third-order valence-electron chi connectivity index (χ3n) is 10.2. The van der Waals surface area contributed by atoms with E-state index in [1.165, 1.54) is 42.3 Å². The first-order valence-corrected chi connectivity index (χ1v) is 21.3. The maximum atomic E-state index is 8.80. The standard InChI is InChI=1S/C24H33N3O2S.C19H23ClN2S/c1-20(18-26-12-10-25(11-13-26)14-16-29-17-15-28)19-27-21-6-2-4-8-23(21)30-24-9-5-3-7-22(24)27;1-3-21(4-2)12-7-13-22-16-8-5-6-9-18(16)23-19-11-10-15(20)14-17(19)22/h2-9,20,28H,10-19H2,1H3;5-6,8-11,14H,3-4,7,12-13H2,1-2H3. The molecule has 0 saturated carbocycles. The highest BCUT2D eigenvalue weighted by Gasteiger charge is 2.26. The molecule has 0 aromatic heterocycles. The van der Waals surface area contributed by atoms with Crippen LogP contribution in [0, 0.1) is 5.92 Å². The second-order valence-electron chi connectivity index (χ2n) is 13.9. The third kappa shape index (κ3) is 10.7. The molecule has 4 aromatic carbocycles. The van der Waals surface area contributed by atoms with E-state index >= 15 is 0 Å². The van der Waals surface area contributed by atoms with Gasteiger partial charge in [0.15, 0.2) is 0 Å². The van der Waals surface area contributed by atoms with Gasteiger partial charge in [-0.2, -0.15) is 0 Å². The Morgan fingerprint density at radius 2 is 1.23 bits per heavy atom. The summed E-state index contributed by atoms with van der Waals surface area (Å²) in [6.07, 6.45) is 1.15. The van der Waals surface area contributed by atoms with Crippen LogP contribution in [0.15, 0.2) is 111 Å². The number of piperazine rings is 1. The molecule has 7 rings (SSSR count). The lowest BCUT2D eigenvalue weighted by Gasteiger charge is -2.38. The van der Waals surface area contributed by atoms with Crippen LogP contribution in [0.5, 0.6) is 0 Å². The van der Waals surface area contributed by atoms with E-state index in [9.17, 15) is 0 Å². The molecule has 1 atom stereocenters. The zero-order chi connectivity index (χ0) is 37.0. The molecule has 1 fully saturated rings. The van der Waals surface area contributed by atoms with Crippen molar-refractivity contribution in [1.82, 2.24) is 14.7 Å². The second-order valence-corrected chi connectivity index (χ2v) is 16.5. The monoisotopic (exact) mass is 773 g/mol. The minimum Gasteiger partial charge on any atom is -0.394 e. The van der Waals surface area contributed by atoms with Crippen molar-refractivity contribution in [2.24, 2.45) is 5.92 Å². The van der Waals surface area contributed by atoms with Gasteiger partial charge >= 0.3 is 0 Å². The SMILES string of the molecule is CC(CN1CCN(CCOCCO)CC1)CN1c2ccccc2Sc2ccccc21.CCN(CC)CCCN1c2ccccc2Sc2ccc(Cl)cc21. The third-order valence-corrected chi connectivity index (χ3v) is 12.7. The normalized spacial score (nSPS) is 16.0. The molecule has 1 saturated heterocycles. The van der Waals surface area contributed by atoms with Crippen molar-refractivity contribution < 1.29 is 9.84 Å². The number of hydrogen-bond acceptors (Lipinski definition) is 9. The Bertz CT molecular complexity index is 1690. The molecule has 0 bridgehead atoms. The maximum absolute atomic E-state index is 8.80. The number of nitrogens with zero attached hydrogens (tertiary/aromatic N) is 5. The van der Waals surface area contributed by atoms with Gasteiger partial charge in [0, 0.05) is 77.0 Å². The molecule has 0 aliphatic carbocycles. The van der Waals surface area contributed by atoms with E-state index in [0.29, 0.717) is 19.1 Å². The molecule has 1 unspecified atom stereocenters. The Hall–Kier alpha value is -2.73. The number of rotatable bonds is 15. The van der Waals surface area contributed by atoms with Gasteiger partial charge in [-0.25, -0.2) is 0 Å². The fourth-order valence-electron chi connectivity index (χ4n) is 7.38. The summed E-state index contributed by atoms with van der Waals surface area (Å²) in [7, 11) is 0. The van der Waals surface area contributed by atoms with Gasteiger partial charge in [-0.15, -0.1) is 0 Å². The number of ether oxygens (including phenoxy) is 1. The number of benzene rings is 4. The van der Waals surface area contributed by atoms with E-state index < -0.39 is 0 Å². The summed E-state index contributed by atoms with van der Waals surface area (Å²) < 4.78 is 5.41. The smallest absolute Gasteiger partial charge is 0.0698 e. The van der Waals surface area contributed by atoms with Crippen LogP contribution in [0.2, 0.25) is 5.02 Å². The van der Waals surface area contributed by atoms with Gasteiger partial charge in [0.2, 0.25) is 0 Å². The lowest BCUT2D eigenvalue weighted by molar-refractivity contribution is 0.0555. The summed E-state index contributed by atoms with van der Waals surface area (Å²) in [4.78, 5) is 17.8. The summed E-state index contributed by atoms with van der Waals surface area (Å²) in [6.45, 7) is 20.0. The average molecular weight is 775 g/mol. The van der Waals surface area contributed by atoms with Gasteiger partial charge < -0.3 is 29.4 Å². The van der Waals surface area contributed by atoms with Crippen molar-refractivity contribution in [2.75, 3.05) is 102 Å². The summed E-state index contributed by atoms with van der Waals surface area (Å²) in [5, 5.41) is 9.60. The molecule has 10 heteroatoms. The Balaban J connectivity index is 0.000000188. The van der Waals surface area contributed by atoms with Crippen LogP contribution >= 0.6 is 35.1 Å². The van der Waals surface area contributed by atoms with Gasteiger partial charge in [0.1, 0.15) is 0 Å². The van der Waals surface area contributed by atoms with E-state index in [2.05, 4.69) is 130 Å². The zero-order valence-corrected chi connectivity index (χ0v) is 34.0. The van der Waals surface area contributed by atoms with Crippen LogP contribution in [-0.2, 0) is 4.74 Å².